The molecule has 0 spiro atoms. The number of aromatic amines is 1. The molecular formula is C48H54Cl2N10O5. The van der Waals surface area contributed by atoms with Gasteiger partial charge >= 0.3 is 0 Å². The first-order valence-electron chi connectivity index (χ1n) is 22.1. The van der Waals surface area contributed by atoms with Crippen LogP contribution in [0, 0.1) is 0 Å². The number of hydrogen-bond donors (Lipinski definition) is 6. The zero-order valence-corrected chi connectivity index (χ0v) is 37.9. The van der Waals surface area contributed by atoms with Crippen molar-refractivity contribution in [1.29, 1.82) is 0 Å². The molecule has 0 bridgehead atoms. The minimum Gasteiger partial charge on any atom is -0.387 e. The van der Waals surface area contributed by atoms with Gasteiger partial charge in [0.2, 0.25) is 17.7 Å². The third kappa shape index (κ3) is 11.3. The number of nitrogens with one attached hydrogen (secondary N) is 4. The summed E-state index contributed by atoms with van der Waals surface area (Å²) in [6.07, 6.45) is 11.6. The Morgan fingerprint density at radius 2 is 1.62 bits per heavy atom. The van der Waals surface area contributed by atoms with E-state index in [2.05, 4.69) is 37.8 Å². The van der Waals surface area contributed by atoms with E-state index in [0.29, 0.717) is 72.6 Å². The minimum atomic E-state index is -0.547. The number of benzene rings is 2. The fraction of sp³-hybridized carbons (Fsp3) is 0.354. The monoisotopic (exact) mass is 920 g/mol. The molecular weight excluding hydrogens is 867 g/mol. The Hall–Kier alpha value is -6.29. The summed E-state index contributed by atoms with van der Waals surface area (Å²) in [5, 5.41) is 24.5. The summed E-state index contributed by atoms with van der Waals surface area (Å²) in [6.45, 7) is 3.99. The highest BCUT2D eigenvalue weighted by Gasteiger charge is 2.27. The van der Waals surface area contributed by atoms with E-state index < -0.39 is 6.61 Å². The highest BCUT2D eigenvalue weighted by molar-refractivity contribution is 6.45. The van der Waals surface area contributed by atoms with Crippen LogP contribution in [0.15, 0.2) is 73.2 Å². The molecule has 0 saturated heterocycles. The standard InChI is InChI=1S/C48H54Cl2N10O5/c1-2-32-34(27-56-47(51)43(32)30-11-7-6-8-12-30)31-14-15-39(55-26-31)48(65)54-20-16-41(63)52-19-10-5-3-4-9-13-40(62)53-21-24-60-23-18-38(58-60)33-25-36(49)45(50)46-44(33)35-28-59(42(64)29-61)22-17-37(35)57-46/h6-8,11-12,14-15,18,23,25-27,57,61H,2-5,9-10,13,16-17,19-22,24,28-29H2,1H3,(H2,51,56)(H,52,63)(H,53,62)(H,54,65). The number of nitrogens with zero attached hydrogens (tertiary/aromatic N) is 5. The molecule has 7 rings (SSSR count). The van der Waals surface area contributed by atoms with Crippen LogP contribution < -0.4 is 21.7 Å². The Balaban J connectivity index is 0.755. The average molecular weight is 922 g/mol. The number of carbonyl (C=O) groups excluding carboxylic acids is 4. The minimum absolute atomic E-state index is 0.0180. The second kappa shape index (κ2) is 22.1. The van der Waals surface area contributed by atoms with Gasteiger partial charge in [-0.25, -0.2) is 4.98 Å². The molecule has 1 aliphatic heterocycles. The zero-order chi connectivity index (χ0) is 45.9. The van der Waals surface area contributed by atoms with Gasteiger partial charge in [-0.05, 0) is 48.6 Å². The molecule has 1 aliphatic rings. The molecule has 5 heterocycles. The topological polar surface area (TPSA) is 213 Å². The molecule has 17 heteroatoms. The summed E-state index contributed by atoms with van der Waals surface area (Å²) in [5.41, 5.74) is 15.3. The lowest BCUT2D eigenvalue weighted by atomic mass is 9.92. The quantitative estimate of drug-likeness (QED) is 0.0440. The van der Waals surface area contributed by atoms with Crippen LogP contribution in [0.5, 0.6) is 0 Å². The van der Waals surface area contributed by atoms with Gasteiger partial charge in [-0.3, -0.25) is 28.8 Å². The van der Waals surface area contributed by atoms with Gasteiger partial charge < -0.3 is 36.7 Å². The molecule has 15 nitrogen and oxygen atoms in total. The van der Waals surface area contributed by atoms with E-state index in [4.69, 9.17) is 34.0 Å². The van der Waals surface area contributed by atoms with Gasteiger partial charge in [0.1, 0.15) is 18.1 Å². The van der Waals surface area contributed by atoms with Gasteiger partial charge in [0, 0.05) is 109 Å². The van der Waals surface area contributed by atoms with E-state index >= 15 is 0 Å². The van der Waals surface area contributed by atoms with Crippen LogP contribution >= 0.6 is 23.2 Å². The fourth-order valence-electron chi connectivity index (χ4n) is 8.32. The lowest BCUT2D eigenvalue weighted by molar-refractivity contribution is -0.135. The van der Waals surface area contributed by atoms with Crippen molar-refractivity contribution in [2.24, 2.45) is 0 Å². The maximum absolute atomic E-state index is 12.8. The molecule has 6 aromatic rings. The van der Waals surface area contributed by atoms with E-state index in [1.165, 1.54) is 0 Å². The van der Waals surface area contributed by atoms with E-state index in [1.807, 2.05) is 48.7 Å². The van der Waals surface area contributed by atoms with Crippen LogP contribution in [0.25, 0.3) is 44.4 Å². The molecule has 0 fully saturated rings. The first-order chi connectivity index (χ1) is 31.6. The largest absolute Gasteiger partial charge is 0.387 e. The Morgan fingerprint density at radius 3 is 2.38 bits per heavy atom. The predicted octanol–water partition coefficient (Wildman–Crippen LogP) is 6.88. The Labute approximate surface area is 387 Å². The number of aliphatic hydroxyl groups is 1. The number of anilines is 1. The molecule has 340 valence electrons. The van der Waals surface area contributed by atoms with Crippen molar-refractivity contribution in [2.45, 2.75) is 77.8 Å². The average Bonchev–Trinajstić information content (AvgIpc) is 3.96. The molecule has 0 aliphatic carbocycles. The molecule has 0 unspecified atom stereocenters. The Morgan fingerprint density at radius 1 is 0.846 bits per heavy atom. The third-order valence-corrected chi connectivity index (χ3v) is 12.5. The number of nitrogen functional groups attached to an aromatic ring is 1. The molecule has 0 saturated carbocycles. The zero-order valence-electron chi connectivity index (χ0n) is 36.4. The number of H-pyrrole nitrogens is 1. The van der Waals surface area contributed by atoms with Gasteiger partial charge in [0.15, 0.2) is 0 Å². The van der Waals surface area contributed by atoms with E-state index in [-0.39, 0.29) is 42.3 Å². The summed E-state index contributed by atoms with van der Waals surface area (Å²) in [6, 6.07) is 17.1. The van der Waals surface area contributed by atoms with Gasteiger partial charge in [-0.1, -0.05) is 85.8 Å². The predicted molar refractivity (Wildman–Crippen MR) is 253 cm³/mol. The number of aromatic nitrogens is 5. The van der Waals surface area contributed by atoms with E-state index in [0.717, 1.165) is 88.5 Å². The summed E-state index contributed by atoms with van der Waals surface area (Å²) in [4.78, 5) is 63.9. The summed E-state index contributed by atoms with van der Waals surface area (Å²) < 4.78 is 1.77. The number of nitrogens with two attached hydrogens (primary N) is 1. The molecule has 2 aromatic carbocycles. The van der Waals surface area contributed by atoms with E-state index in [1.54, 1.807) is 34.1 Å². The highest BCUT2D eigenvalue weighted by atomic mass is 35.5. The van der Waals surface area contributed by atoms with Crippen molar-refractivity contribution < 1.29 is 24.3 Å². The maximum atomic E-state index is 12.8. The third-order valence-electron chi connectivity index (χ3n) is 11.7. The van der Waals surface area contributed by atoms with Gasteiger partial charge in [0.25, 0.3) is 5.91 Å². The second-order valence-corrected chi connectivity index (χ2v) is 16.8. The van der Waals surface area contributed by atoms with Crippen LogP contribution in [0.1, 0.15) is 79.2 Å². The number of amides is 4. The number of unbranched alkanes of at least 4 members (excludes halogenated alkanes) is 4. The second-order valence-electron chi connectivity index (χ2n) is 16.0. The summed E-state index contributed by atoms with van der Waals surface area (Å²) in [7, 11) is 0. The van der Waals surface area contributed by atoms with Gasteiger partial charge in [-0.2, -0.15) is 5.10 Å². The van der Waals surface area contributed by atoms with Crippen molar-refractivity contribution in [3.8, 4) is 33.5 Å². The number of aliphatic hydroxyl groups excluding tert-OH is 1. The molecule has 7 N–H and O–H groups in total. The Bertz CT molecular complexity index is 2650. The Kier molecular flexibility index (Phi) is 15.9. The number of rotatable bonds is 20. The molecule has 4 amide bonds. The normalized spacial score (nSPS) is 12.3. The fourth-order valence-corrected chi connectivity index (χ4v) is 8.72. The number of halogens is 2. The lowest BCUT2D eigenvalue weighted by Gasteiger charge is -2.26. The lowest BCUT2D eigenvalue weighted by Crippen LogP contribution is -2.37. The molecule has 0 atom stereocenters. The SMILES string of the molecule is CCc1c(-c2ccc(C(=O)NCCC(=O)NCCCCCCCC(=O)NCCn3ccc(-c4cc(Cl)c(Cl)c5[nH]c6c(c45)CN(C(=O)CO)CC6)n3)nc2)cnc(N)c1-c1ccccc1. The number of hydrogen-bond acceptors (Lipinski definition) is 9. The van der Waals surface area contributed by atoms with Crippen LogP contribution in [-0.4, -0.2) is 91.2 Å². The van der Waals surface area contributed by atoms with Gasteiger partial charge in [-0.15, -0.1) is 0 Å². The van der Waals surface area contributed by atoms with Crippen LogP contribution in [-0.2, 0) is 40.3 Å². The first kappa shape index (κ1) is 46.7. The molecule has 4 aromatic heterocycles. The summed E-state index contributed by atoms with van der Waals surface area (Å²) >= 11 is 13.1. The number of fused-ring (bicyclic) bond motifs is 3. The molecule has 65 heavy (non-hydrogen) atoms. The summed E-state index contributed by atoms with van der Waals surface area (Å²) in [5.74, 6) is -0.369. The van der Waals surface area contributed by atoms with Gasteiger partial charge in [0.05, 0.1) is 27.8 Å². The van der Waals surface area contributed by atoms with Crippen molar-refractivity contribution >= 4 is 63.6 Å². The van der Waals surface area contributed by atoms with Crippen molar-refractivity contribution in [1.82, 2.24) is 45.6 Å². The smallest absolute Gasteiger partial charge is 0.269 e. The van der Waals surface area contributed by atoms with Crippen LogP contribution in [0.3, 0.4) is 0 Å². The number of pyridine rings is 2. The van der Waals surface area contributed by atoms with Crippen LogP contribution in [0.2, 0.25) is 10.0 Å². The van der Waals surface area contributed by atoms with Crippen molar-refractivity contribution in [2.75, 3.05) is 38.5 Å². The number of carbonyl (C=O) groups is 4. The highest BCUT2D eigenvalue weighted by Crippen LogP contribution is 2.42. The van der Waals surface area contributed by atoms with Crippen LogP contribution in [0.4, 0.5) is 5.82 Å². The first-order valence-corrected chi connectivity index (χ1v) is 22.9. The van der Waals surface area contributed by atoms with Crippen molar-refractivity contribution in [3.05, 3.63) is 106 Å². The van der Waals surface area contributed by atoms with Crippen molar-refractivity contribution in [3.63, 3.8) is 0 Å². The maximum Gasteiger partial charge on any atom is 0.269 e. The van der Waals surface area contributed by atoms with E-state index in [9.17, 15) is 24.3 Å². The molecule has 0 radical (unpaired) electrons.